The second kappa shape index (κ2) is 9.51. The van der Waals surface area contributed by atoms with Gasteiger partial charge in [-0.2, -0.15) is 0 Å². The minimum Gasteiger partial charge on any atom is -0.494 e. The molecule has 0 radical (unpaired) electrons. The minimum absolute atomic E-state index is 0.181. The van der Waals surface area contributed by atoms with Crippen LogP contribution in [0.2, 0.25) is 0 Å². The maximum absolute atomic E-state index is 12.7. The molecule has 0 N–H and O–H groups in total. The molecule has 0 amide bonds. The van der Waals surface area contributed by atoms with Crippen molar-refractivity contribution in [2.75, 3.05) is 27.4 Å². The number of methoxy groups -OCH3 is 2. The summed E-state index contributed by atoms with van der Waals surface area (Å²) in [5.74, 6) is 2.16. The quantitative estimate of drug-likeness (QED) is 0.492. The molecule has 0 aliphatic rings. The van der Waals surface area contributed by atoms with Crippen molar-refractivity contribution in [3.63, 3.8) is 0 Å². The maximum Gasteiger partial charge on any atom is 0.189 e. The standard InChI is InChI=1S/C21H24O5/c1-5-25-16-11-13-19(26-6-2)17(14-16)18(22)12-10-15-8-7-9-20(23-3)21(15)24-4/h7-14H,5-6H2,1-4H3/b12-10+. The van der Waals surface area contributed by atoms with Crippen LogP contribution in [-0.4, -0.2) is 33.2 Å². The zero-order valence-corrected chi connectivity index (χ0v) is 15.6. The van der Waals surface area contributed by atoms with Crippen molar-refractivity contribution in [2.24, 2.45) is 0 Å². The summed E-state index contributed by atoms with van der Waals surface area (Å²) in [6.45, 7) is 4.77. The Morgan fingerprint density at radius 2 is 1.73 bits per heavy atom. The summed E-state index contributed by atoms with van der Waals surface area (Å²) in [5.41, 5.74) is 1.20. The highest BCUT2D eigenvalue weighted by atomic mass is 16.5. The number of hydrogen-bond acceptors (Lipinski definition) is 5. The Morgan fingerprint density at radius 3 is 2.38 bits per heavy atom. The maximum atomic E-state index is 12.7. The number of rotatable bonds is 9. The molecule has 0 heterocycles. The third-order valence-electron chi connectivity index (χ3n) is 3.68. The average Bonchev–Trinajstić information content (AvgIpc) is 2.67. The van der Waals surface area contributed by atoms with Gasteiger partial charge in [-0.3, -0.25) is 4.79 Å². The summed E-state index contributed by atoms with van der Waals surface area (Å²) in [4.78, 5) is 12.7. The summed E-state index contributed by atoms with van der Waals surface area (Å²) < 4.78 is 21.7. The van der Waals surface area contributed by atoms with Gasteiger partial charge >= 0.3 is 0 Å². The molecule has 2 aromatic carbocycles. The fourth-order valence-corrected chi connectivity index (χ4v) is 2.54. The predicted molar refractivity (Wildman–Crippen MR) is 102 cm³/mol. The van der Waals surface area contributed by atoms with Crippen molar-refractivity contribution >= 4 is 11.9 Å². The van der Waals surface area contributed by atoms with E-state index in [1.54, 1.807) is 44.6 Å². The number of carbonyl (C=O) groups excluding carboxylic acids is 1. The van der Waals surface area contributed by atoms with Crippen LogP contribution in [0.1, 0.15) is 29.8 Å². The van der Waals surface area contributed by atoms with E-state index in [2.05, 4.69) is 0 Å². The molecular weight excluding hydrogens is 332 g/mol. The average molecular weight is 356 g/mol. The van der Waals surface area contributed by atoms with E-state index >= 15 is 0 Å². The molecule has 0 spiro atoms. The lowest BCUT2D eigenvalue weighted by molar-refractivity contribution is 0.104. The van der Waals surface area contributed by atoms with E-state index in [4.69, 9.17) is 18.9 Å². The van der Waals surface area contributed by atoms with Gasteiger partial charge in [-0.1, -0.05) is 12.1 Å². The Hall–Kier alpha value is -2.95. The zero-order chi connectivity index (χ0) is 18.9. The van der Waals surface area contributed by atoms with E-state index < -0.39 is 0 Å². The van der Waals surface area contributed by atoms with Gasteiger partial charge in [0, 0.05) is 5.56 Å². The number of carbonyl (C=O) groups is 1. The van der Waals surface area contributed by atoms with Gasteiger partial charge in [0.25, 0.3) is 0 Å². The van der Waals surface area contributed by atoms with Crippen molar-refractivity contribution < 1.29 is 23.7 Å². The Labute approximate surface area is 154 Å². The van der Waals surface area contributed by atoms with E-state index in [9.17, 15) is 4.79 Å². The Kier molecular flexibility index (Phi) is 7.09. The topological polar surface area (TPSA) is 54.0 Å². The van der Waals surface area contributed by atoms with Crippen LogP contribution in [0.5, 0.6) is 23.0 Å². The Bertz CT molecular complexity index is 780. The molecule has 0 aliphatic carbocycles. The third kappa shape index (κ3) is 4.57. The van der Waals surface area contributed by atoms with E-state index in [1.165, 1.54) is 6.08 Å². The minimum atomic E-state index is -0.181. The van der Waals surface area contributed by atoms with Crippen molar-refractivity contribution in [3.05, 3.63) is 53.6 Å². The van der Waals surface area contributed by atoms with Crippen LogP contribution in [0, 0.1) is 0 Å². The van der Waals surface area contributed by atoms with Crippen molar-refractivity contribution in [2.45, 2.75) is 13.8 Å². The molecule has 5 nitrogen and oxygen atoms in total. The fraction of sp³-hybridized carbons (Fsp3) is 0.286. The van der Waals surface area contributed by atoms with Crippen LogP contribution in [-0.2, 0) is 0 Å². The van der Waals surface area contributed by atoms with Gasteiger partial charge in [0.1, 0.15) is 11.5 Å². The molecule has 0 bridgehead atoms. The van der Waals surface area contributed by atoms with Gasteiger partial charge in [-0.25, -0.2) is 0 Å². The fourth-order valence-electron chi connectivity index (χ4n) is 2.54. The first-order valence-corrected chi connectivity index (χ1v) is 8.47. The van der Waals surface area contributed by atoms with E-state index in [0.717, 1.165) is 5.56 Å². The highest BCUT2D eigenvalue weighted by Crippen LogP contribution is 2.32. The molecule has 2 aromatic rings. The van der Waals surface area contributed by atoms with Crippen LogP contribution >= 0.6 is 0 Å². The van der Waals surface area contributed by atoms with Crippen molar-refractivity contribution in [3.8, 4) is 23.0 Å². The summed E-state index contributed by atoms with van der Waals surface area (Å²) in [5, 5.41) is 0. The summed E-state index contributed by atoms with van der Waals surface area (Å²) in [7, 11) is 3.14. The van der Waals surface area contributed by atoms with Gasteiger partial charge in [-0.05, 0) is 50.3 Å². The van der Waals surface area contributed by atoms with E-state index in [0.29, 0.717) is 41.8 Å². The largest absolute Gasteiger partial charge is 0.494 e. The zero-order valence-electron chi connectivity index (χ0n) is 15.6. The highest BCUT2D eigenvalue weighted by molar-refractivity contribution is 6.09. The van der Waals surface area contributed by atoms with Gasteiger partial charge in [0.2, 0.25) is 0 Å². The molecule has 0 fully saturated rings. The molecular formula is C21H24O5. The van der Waals surface area contributed by atoms with E-state index in [1.807, 2.05) is 26.0 Å². The third-order valence-corrected chi connectivity index (χ3v) is 3.68. The molecule has 26 heavy (non-hydrogen) atoms. The normalized spacial score (nSPS) is 10.6. The lowest BCUT2D eigenvalue weighted by atomic mass is 10.1. The van der Waals surface area contributed by atoms with Gasteiger partial charge in [0.05, 0.1) is 33.0 Å². The first kappa shape index (κ1) is 19.4. The van der Waals surface area contributed by atoms with E-state index in [-0.39, 0.29) is 5.78 Å². The van der Waals surface area contributed by atoms with Gasteiger partial charge in [-0.15, -0.1) is 0 Å². The summed E-state index contributed by atoms with van der Waals surface area (Å²) in [6, 6.07) is 10.7. The number of ether oxygens (including phenoxy) is 4. The van der Waals surface area contributed by atoms with Crippen LogP contribution < -0.4 is 18.9 Å². The lowest BCUT2D eigenvalue weighted by Gasteiger charge is -2.11. The number of hydrogen-bond donors (Lipinski definition) is 0. The number of allylic oxidation sites excluding steroid dienone is 1. The van der Waals surface area contributed by atoms with Crippen LogP contribution in [0.15, 0.2) is 42.5 Å². The monoisotopic (exact) mass is 356 g/mol. The predicted octanol–water partition coefficient (Wildman–Crippen LogP) is 4.40. The number of benzene rings is 2. The van der Waals surface area contributed by atoms with Gasteiger partial charge in [0.15, 0.2) is 17.3 Å². The Balaban J connectivity index is 2.34. The second-order valence-electron chi connectivity index (χ2n) is 5.30. The lowest BCUT2D eigenvalue weighted by Crippen LogP contribution is -2.03. The van der Waals surface area contributed by atoms with Crippen LogP contribution in [0.3, 0.4) is 0 Å². The molecule has 2 rings (SSSR count). The highest BCUT2D eigenvalue weighted by Gasteiger charge is 2.13. The molecule has 0 atom stereocenters. The Morgan fingerprint density at radius 1 is 0.962 bits per heavy atom. The van der Waals surface area contributed by atoms with Crippen LogP contribution in [0.25, 0.3) is 6.08 Å². The molecule has 0 unspecified atom stereocenters. The second-order valence-corrected chi connectivity index (χ2v) is 5.30. The van der Waals surface area contributed by atoms with Crippen molar-refractivity contribution in [1.29, 1.82) is 0 Å². The van der Waals surface area contributed by atoms with Crippen molar-refractivity contribution in [1.82, 2.24) is 0 Å². The molecule has 0 aromatic heterocycles. The SMILES string of the molecule is CCOc1ccc(OCC)c(C(=O)/C=C/c2cccc(OC)c2OC)c1. The summed E-state index contributed by atoms with van der Waals surface area (Å²) >= 11 is 0. The first-order valence-electron chi connectivity index (χ1n) is 8.47. The molecule has 0 saturated heterocycles. The van der Waals surface area contributed by atoms with Gasteiger partial charge < -0.3 is 18.9 Å². The number of para-hydroxylation sites is 1. The molecule has 138 valence electrons. The molecule has 0 saturated carbocycles. The number of ketones is 1. The molecule has 5 heteroatoms. The molecule has 0 aliphatic heterocycles. The van der Waals surface area contributed by atoms with Crippen LogP contribution in [0.4, 0.5) is 0 Å². The first-order chi connectivity index (χ1) is 12.6. The summed E-state index contributed by atoms with van der Waals surface area (Å²) in [6.07, 6.45) is 3.19. The smallest absolute Gasteiger partial charge is 0.189 e.